The minimum Gasteiger partial charge on any atom is -0.298 e. The number of fused-ring (bicyclic) bond motifs is 6. The lowest BCUT2D eigenvalue weighted by Crippen LogP contribution is -2.57. The first-order chi connectivity index (χ1) is 15.3. The molecule has 1 saturated heterocycles. The number of nitriles is 1. The van der Waals surface area contributed by atoms with Gasteiger partial charge in [-0.1, -0.05) is 20.8 Å². The van der Waals surface area contributed by atoms with E-state index in [0.717, 1.165) is 57.8 Å². The van der Waals surface area contributed by atoms with Gasteiger partial charge in [0, 0.05) is 12.0 Å². The van der Waals surface area contributed by atoms with Crippen molar-refractivity contribution >= 4 is 5.78 Å². The van der Waals surface area contributed by atoms with E-state index >= 15 is 4.39 Å². The largest absolute Gasteiger partial charge is 0.298 e. The predicted molar refractivity (Wildman–Crippen MR) is 122 cm³/mol. The van der Waals surface area contributed by atoms with Gasteiger partial charge in [0.1, 0.15) is 5.67 Å². The molecule has 0 aromatic rings. The average Bonchev–Trinajstić information content (AvgIpc) is 3.08. The molecule has 0 amide bonds. The molecule has 0 aromatic heterocycles. The van der Waals surface area contributed by atoms with Crippen LogP contribution in [0, 0.1) is 64.1 Å². The number of hydrogen-bond donors (Lipinski definition) is 0. The van der Waals surface area contributed by atoms with Crippen molar-refractivity contribution in [3.05, 3.63) is 0 Å². The van der Waals surface area contributed by atoms with Crippen molar-refractivity contribution in [2.24, 2.45) is 52.8 Å². The van der Waals surface area contributed by atoms with E-state index in [1.807, 2.05) is 0 Å². The Morgan fingerprint density at radius 1 is 1.03 bits per heavy atom. The number of halogens is 1. The Kier molecular flexibility index (Phi) is 4.90. The Labute approximate surface area is 193 Å². The van der Waals surface area contributed by atoms with Gasteiger partial charge in [-0.05, 0) is 111 Å². The quantitative estimate of drug-likeness (QED) is 0.558. The number of hydrogen-bond acceptors (Lipinski definition) is 3. The van der Waals surface area contributed by atoms with Gasteiger partial charge in [-0.2, -0.15) is 5.26 Å². The van der Waals surface area contributed by atoms with Crippen LogP contribution in [0.2, 0.25) is 0 Å². The van der Waals surface area contributed by atoms with Gasteiger partial charge in [0.25, 0.3) is 0 Å². The van der Waals surface area contributed by atoms with Crippen LogP contribution in [0.15, 0.2) is 0 Å². The molecule has 0 N–H and O–H groups in total. The van der Waals surface area contributed by atoms with Crippen LogP contribution in [0.5, 0.6) is 0 Å². The van der Waals surface area contributed by atoms with E-state index < -0.39 is 5.67 Å². The summed E-state index contributed by atoms with van der Waals surface area (Å²) < 4.78 is 16.5. The molecule has 12 unspecified atom stereocenters. The molecule has 32 heavy (non-hydrogen) atoms. The first-order valence-electron chi connectivity index (χ1n) is 13.6. The van der Waals surface area contributed by atoms with E-state index in [0.29, 0.717) is 48.0 Å². The summed E-state index contributed by atoms with van der Waals surface area (Å²) in [4.78, 5) is 15.9. The monoisotopic (exact) mass is 440 g/mol. The molecule has 0 spiro atoms. The van der Waals surface area contributed by atoms with Crippen LogP contribution in [0.3, 0.4) is 0 Å². The number of likely N-dealkylation sites (tertiary alicyclic amines) is 1. The minimum absolute atomic E-state index is 0.0415. The lowest BCUT2D eigenvalue weighted by Gasteiger charge is -2.58. The van der Waals surface area contributed by atoms with Crippen LogP contribution in [-0.2, 0) is 4.79 Å². The van der Waals surface area contributed by atoms with Gasteiger partial charge in [0.05, 0.1) is 18.7 Å². The number of carbonyl (C=O) groups is 1. The number of carbonyl (C=O) groups excluding carboxylic acids is 1. The first-order valence-corrected chi connectivity index (χ1v) is 13.6. The number of Topliss-reactive ketones (excluding diaryl/α,β-unsaturated/α-hetero) is 1. The van der Waals surface area contributed by atoms with Gasteiger partial charge in [0.2, 0.25) is 0 Å². The second-order valence-electron chi connectivity index (χ2n) is 13.2. The average molecular weight is 441 g/mol. The maximum Gasteiger partial charge on any atom is 0.150 e. The fourth-order valence-electron chi connectivity index (χ4n) is 10.2. The highest BCUT2D eigenvalue weighted by molar-refractivity contribution is 5.84. The summed E-state index contributed by atoms with van der Waals surface area (Å²) in [6, 6.07) is 2.85. The van der Waals surface area contributed by atoms with E-state index in [2.05, 4.69) is 31.7 Å². The fraction of sp³-hybridized carbons (Fsp3) is 0.929. The number of ketones is 1. The Morgan fingerprint density at radius 2 is 1.84 bits per heavy atom. The lowest BCUT2D eigenvalue weighted by molar-refractivity contribution is -0.146. The van der Waals surface area contributed by atoms with Crippen molar-refractivity contribution in [2.45, 2.75) is 103 Å². The molecular formula is C28H41FN2O. The third-order valence-electron chi connectivity index (χ3n) is 12.0. The Balaban J connectivity index is 1.19. The van der Waals surface area contributed by atoms with Crippen molar-refractivity contribution in [1.29, 1.82) is 5.26 Å². The van der Waals surface area contributed by atoms with Gasteiger partial charge >= 0.3 is 0 Å². The molecule has 0 radical (unpaired) electrons. The summed E-state index contributed by atoms with van der Waals surface area (Å²) >= 11 is 0. The number of rotatable bonds is 3. The van der Waals surface area contributed by atoms with E-state index in [9.17, 15) is 10.1 Å². The highest BCUT2D eigenvalue weighted by atomic mass is 19.1. The minimum atomic E-state index is -0.939. The van der Waals surface area contributed by atoms with Gasteiger partial charge in [-0.3, -0.25) is 9.69 Å². The topological polar surface area (TPSA) is 44.1 Å². The van der Waals surface area contributed by atoms with Crippen LogP contribution in [0.25, 0.3) is 0 Å². The maximum absolute atomic E-state index is 16.5. The van der Waals surface area contributed by atoms with Crippen LogP contribution >= 0.6 is 0 Å². The van der Waals surface area contributed by atoms with Crippen molar-refractivity contribution in [3.63, 3.8) is 0 Å². The molecular weight excluding hydrogens is 399 g/mol. The zero-order valence-corrected chi connectivity index (χ0v) is 20.2. The second kappa shape index (κ2) is 7.27. The van der Waals surface area contributed by atoms with Gasteiger partial charge in [-0.15, -0.1) is 0 Å². The van der Waals surface area contributed by atoms with Crippen molar-refractivity contribution in [2.75, 3.05) is 6.54 Å². The van der Waals surface area contributed by atoms with Gasteiger partial charge in [0.15, 0.2) is 5.78 Å². The smallest absolute Gasteiger partial charge is 0.150 e. The molecule has 4 heteroatoms. The lowest BCUT2D eigenvalue weighted by atomic mass is 9.48. The summed E-state index contributed by atoms with van der Waals surface area (Å²) in [5.41, 5.74) is -0.897. The molecule has 5 saturated carbocycles. The van der Waals surface area contributed by atoms with E-state index in [4.69, 9.17) is 0 Å². The van der Waals surface area contributed by atoms with Crippen LogP contribution in [-0.4, -0.2) is 35.0 Å². The summed E-state index contributed by atoms with van der Waals surface area (Å²) in [5, 5.41) is 9.60. The zero-order chi connectivity index (χ0) is 22.4. The predicted octanol–water partition coefficient (Wildman–Crippen LogP) is 5.78. The number of piperidine rings is 1. The summed E-state index contributed by atoms with van der Waals surface area (Å²) in [7, 11) is 0. The highest BCUT2D eigenvalue weighted by Gasteiger charge is 2.64. The molecule has 1 heterocycles. The molecule has 5 aliphatic carbocycles. The second-order valence-corrected chi connectivity index (χ2v) is 13.2. The van der Waals surface area contributed by atoms with E-state index in [1.54, 1.807) is 0 Å². The number of alkyl halides is 1. The number of nitrogens with zero attached hydrogens (tertiary/aromatic N) is 2. The SMILES string of the molecule is CC1CCC2(F)C(CCC3C4CCC(C(=O)CN5C(C#N)CC6C(C)C65)C4(C)CCC32)C1. The highest BCUT2D eigenvalue weighted by Crippen LogP contribution is 2.66. The summed E-state index contributed by atoms with van der Waals surface area (Å²) in [6.07, 6.45) is 10.2. The van der Waals surface area contributed by atoms with Crippen molar-refractivity contribution in [1.82, 2.24) is 4.90 Å². The summed E-state index contributed by atoms with van der Waals surface area (Å²) in [5.74, 6) is 3.95. The molecule has 6 aliphatic rings. The van der Waals surface area contributed by atoms with Crippen LogP contribution < -0.4 is 0 Å². The molecule has 12 atom stereocenters. The summed E-state index contributed by atoms with van der Waals surface area (Å²) in [6.45, 7) is 7.41. The van der Waals surface area contributed by atoms with Crippen molar-refractivity contribution in [3.8, 4) is 6.07 Å². The Morgan fingerprint density at radius 3 is 2.62 bits per heavy atom. The molecule has 6 fully saturated rings. The first kappa shape index (κ1) is 21.6. The molecule has 1 aliphatic heterocycles. The Hall–Kier alpha value is -0.950. The molecule has 3 nitrogen and oxygen atoms in total. The maximum atomic E-state index is 16.5. The van der Waals surface area contributed by atoms with E-state index in [1.165, 1.54) is 6.42 Å². The molecule has 0 bridgehead atoms. The normalized spacial score (nSPS) is 56.5. The fourth-order valence-corrected chi connectivity index (χ4v) is 10.2. The Bertz CT molecular complexity index is 838. The van der Waals surface area contributed by atoms with Crippen LogP contribution in [0.4, 0.5) is 4.39 Å². The molecule has 6 rings (SSSR count). The van der Waals surface area contributed by atoms with Crippen LogP contribution in [0.1, 0.15) is 85.0 Å². The van der Waals surface area contributed by atoms with E-state index in [-0.39, 0.29) is 29.2 Å². The zero-order valence-electron chi connectivity index (χ0n) is 20.2. The van der Waals surface area contributed by atoms with Gasteiger partial charge in [-0.25, -0.2) is 4.39 Å². The third-order valence-corrected chi connectivity index (χ3v) is 12.0. The standard InChI is InChI=1S/C28H41FN2O/c1-16-8-11-28(29)18(12-16)4-5-20-22-6-7-24(27(22,3)10-9-23(20)28)25(32)15-31-19(14-30)13-21-17(2)26(21)31/h16-24,26H,4-13,15H2,1-3H3. The molecule has 0 aromatic carbocycles. The van der Waals surface area contributed by atoms with Crippen molar-refractivity contribution < 1.29 is 9.18 Å². The third kappa shape index (κ3) is 2.88. The van der Waals surface area contributed by atoms with Gasteiger partial charge < -0.3 is 0 Å². The molecule has 176 valence electrons.